The van der Waals surface area contributed by atoms with E-state index in [2.05, 4.69) is 31.5 Å². The highest BCUT2D eigenvalue weighted by Crippen LogP contribution is 2.31. The first-order valence-corrected chi connectivity index (χ1v) is 6.96. The molecule has 0 saturated heterocycles. The van der Waals surface area contributed by atoms with Crippen LogP contribution < -0.4 is 10.5 Å². The van der Waals surface area contributed by atoms with Crippen molar-refractivity contribution in [3.05, 3.63) is 46.9 Å². The van der Waals surface area contributed by atoms with Gasteiger partial charge >= 0.3 is 0 Å². The molecule has 0 spiro atoms. The maximum absolute atomic E-state index is 5.86. The number of hydrogen-bond acceptors (Lipinski definition) is 5. The highest BCUT2D eigenvalue weighted by Gasteiger charge is 2.15. The van der Waals surface area contributed by atoms with Gasteiger partial charge in [0, 0.05) is 10.2 Å². The summed E-state index contributed by atoms with van der Waals surface area (Å²) in [6.45, 7) is 0. The fraction of sp³-hybridized carbons (Fsp3) is 0.0714. The van der Waals surface area contributed by atoms with E-state index in [1.807, 2.05) is 24.3 Å². The minimum atomic E-state index is 0.567. The van der Waals surface area contributed by atoms with Crippen molar-refractivity contribution in [2.24, 2.45) is 0 Å². The van der Waals surface area contributed by atoms with Crippen LogP contribution in [0.1, 0.15) is 0 Å². The lowest BCUT2D eigenvalue weighted by Crippen LogP contribution is -2.01. The topological polar surface area (TPSA) is 78.8 Å². The number of aromatic nitrogens is 4. The highest BCUT2D eigenvalue weighted by molar-refractivity contribution is 9.10. The Labute approximate surface area is 129 Å². The minimum Gasteiger partial charge on any atom is -0.496 e. The van der Waals surface area contributed by atoms with E-state index in [0.717, 1.165) is 15.7 Å². The molecule has 0 amide bonds. The molecule has 2 aromatic carbocycles. The molecule has 1 aromatic heterocycles. The average molecular weight is 346 g/mol. The third kappa shape index (κ3) is 2.59. The lowest BCUT2D eigenvalue weighted by Gasteiger charge is -2.09. The van der Waals surface area contributed by atoms with Gasteiger partial charge in [0.25, 0.3) is 0 Å². The fourth-order valence-corrected chi connectivity index (χ4v) is 2.42. The van der Waals surface area contributed by atoms with Crippen LogP contribution in [0.3, 0.4) is 0 Å². The van der Waals surface area contributed by atoms with Crippen LogP contribution in [0.25, 0.3) is 17.1 Å². The van der Waals surface area contributed by atoms with Crippen LogP contribution in [-0.4, -0.2) is 27.3 Å². The number of rotatable bonds is 3. The summed E-state index contributed by atoms with van der Waals surface area (Å²) in [5.74, 6) is 1.23. The maximum atomic E-state index is 5.86. The van der Waals surface area contributed by atoms with Crippen molar-refractivity contribution < 1.29 is 4.74 Å². The summed E-state index contributed by atoms with van der Waals surface area (Å²) in [5, 5.41) is 11.9. The van der Waals surface area contributed by atoms with E-state index in [0.29, 0.717) is 17.3 Å². The Morgan fingerprint density at radius 1 is 1.19 bits per heavy atom. The molecule has 0 bridgehead atoms. The number of anilines is 1. The molecule has 0 aliphatic rings. The predicted octanol–water partition coefficient (Wildman–Crippen LogP) is 2.68. The number of nitrogen functional groups attached to an aromatic ring is 1. The maximum Gasteiger partial charge on any atom is 0.190 e. The zero-order valence-corrected chi connectivity index (χ0v) is 12.8. The minimum absolute atomic E-state index is 0.567. The van der Waals surface area contributed by atoms with Crippen LogP contribution in [0.15, 0.2) is 46.9 Å². The lowest BCUT2D eigenvalue weighted by atomic mass is 10.1. The average Bonchev–Trinajstić information content (AvgIpc) is 2.96. The molecule has 106 valence electrons. The van der Waals surface area contributed by atoms with Gasteiger partial charge in [0.05, 0.1) is 18.4 Å². The Bertz CT molecular complexity index is 787. The SMILES string of the molecule is COc1ccc(N)cc1-c1nnnn1-c1cccc(Br)c1. The molecular weight excluding hydrogens is 334 g/mol. The number of nitrogens with zero attached hydrogens (tertiary/aromatic N) is 4. The van der Waals surface area contributed by atoms with E-state index >= 15 is 0 Å². The first kappa shape index (κ1) is 13.6. The number of ether oxygens (including phenoxy) is 1. The standard InChI is InChI=1S/C14H12BrN5O/c1-21-13-6-5-10(16)8-12(13)14-17-18-19-20(14)11-4-2-3-9(15)7-11/h2-8H,16H2,1H3. The van der Waals surface area contributed by atoms with Crippen molar-refractivity contribution in [2.75, 3.05) is 12.8 Å². The summed E-state index contributed by atoms with van der Waals surface area (Å²) in [5.41, 5.74) is 8.06. The second kappa shape index (κ2) is 5.53. The summed E-state index contributed by atoms with van der Waals surface area (Å²) in [6, 6.07) is 13.1. The number of halogens is 1. The third-order valence-electron chi connectivity index (χ3n) is 2.99. The Hall–Kier alpha value is -2.41. The normalized spacial score (nSPS) is 10.6. The fourth-order valence-electron chi connectivity index (χ4n) is 2.04. The second-order valence-electron chi connectivity index (χ2n) is 4.35. The molecule has 0 saturated carbocycles. The van der Waals surface area contributed by atoms with Gasteiger partial charge in [-0.25, -0.2) is 0 Å². The Balaban J connectivity index is 2.18. The summed E-state index contributed by atoms with van der Waals surface area (Å²) in [7, 11) is 1.60. The molecule has 3 rings (SSSR count). The van der Waals surface area contributed by atoms with Crippen molar-refractivity contribution >= 4 is 21.6 Å². The van der Waals surface area contributed by atoms with E-state index < -0.39 is 0 Å². The molecule has 0 aliphatic heterocycles. The first-order chi connectivity index (χ1) is 10.2. The van der Waals surface area contributed by atoms with E-state index in [1.165, 1.54) is 0 Å². The van der Waals surface area contributed by atoms with Crippen LogP contribution in [0.4, 0.5) is 5.69 Å². The molecule has 0 radical (unpaired) electrons. The summed E-state index contributed by atoms with van der Waals surface area (Å²) in [6.07, 6.45) is 0. The zero-order chi connectivity index (χ0) is 14.8. The van der Waals surface area contributed by atoms with Crippen molar-refractivity contribution in [2.45, 2.75) is 0 Å². The molecule has 7 heteroatoms. The zero-order valence-electron chi connectivity index (χ0n) is 11.2. The number of nitrogens with two attached hydrogens (primary N) is 1. The number of tetrazole rings is 1. The largest absolute Gasteiger partial charge is 0.496 e. The molecule has 21 heavy (non-hydrogen) atoms. The Kier molecular flexibility index (Phi) is 3.57. The quantitative estimate of drug-likeness (QED) is 0.738. The van der Waals surface area contributed by atoms with Gasteiger partial charge in [0.2, 0.25) is 0 Å². The summed E-state index contributed by atoms with van der Waals surface area (Å²) < 4.78 is 7.95. The molecule has 2 N–H and O–H groups in total. The van der Waals surface area contributed by atoms with Gasteiger partial charge in [0.1, 0.15) is 5.75 Å². The molecule has 3 aromatic rings. The van der Waals surface area contributed by atoms with E-state index in [1.54, 1.807) is 30.0 Å². The molecule has 0 fully saturated rings. The summed E-state index contributed by atoms with van der Waals surface area (Å²) >= 11 is 3.44. The van der Waals surface area contributed by atoms with Crippen LogP contribution in [0, 0.1) is 0 Å². The lowest BCUT2D eigenvalue weighted by molar-refractivity contribution is 0.416. The smallest absolute Gasteiger partial charge is 0.190 e. The Morgan fingerprint density at radius 3 is 2.81 bits per heavy atom. The Morgan fingerprint density at radius 2 is 2.05 bits per heavy atom. The van der Waals surface area contributed by atoms with Crippen LogP contribution in [0.5, 0.6) is 5.75 Å². The van der Waals surface area contributed by atoms with Crippen molar-refractivity contribution in [1.82, 2.24) is 20.2 Å². The van der Waals surface area contributed by atoms with Crippen molar-refractivity contribution in [3.8, 4) is 22.8 Å². The van der Waals surface area contributed by atoms with E-state index in [-0.39, 0.29) is 0 Å². The molecule has 0 aliphatic carbocycles. The van der Waals surface area contributed by atoms with Gasteiger partial charge in [-0.3, -0.25) is 0 Å². The molecular formula is C14H12BrN5O. The van der Waals surface area contributed by atoms with E-state index in [9.17, 15) is 0 Å². The summed E-state index contributed by atoms with van der Waals surface area (Å²) in [4.78, 5) is 0. The third-order valence-corrected chi connectivity index (χ3v) is 3.48. The number of methoxy groups -OCH3 is 1. The monoisotopic (exact) mass is 345 g/mol. The van der Waals surface area contributed by atoms with Gasteiger partial charge in [-0.1, -0.05) is 22.0 Å². The van der Waals surface area contributed by atoms with Crippen LogP contribution in [-0.2, 0) is 0 Å². The number of benzene rings is 2. The first-order valence-electron chi connectivity index (χ1n) is 6.17. The molecule has 0 atom stereocenters. The van der Waals surface area contributed by atoms with Crippen LogP contribution >= 0.6 is 15.9 Å². The predicted molar refractivity (Wildman–Crippen MR) is 83.3 cm³/mol. The van der Waals surface area contributed by atoms with Crippen molar-refractivity contribution in [3.63, 3.8) is 0 Å². The van der Waals surface area contributed by atoms with Gasteiger partial charge in [-0.2, -0.15) is 4.68 Å². The van der Waals surface area contributed by atoms with E-state index in [4.69, 9.17) is 10.5 Å². The van der Waals surface area contributed by atoms with Gasteiger partial charge in [-0.05, 0) is 46.8 Å². The van der Waals surface area contributed by atoms with Crippen molar-refractivity contribution in [1.29, 1.82) is 0 Å². The highest BCUT2D eigenvalue weighted by atomic mass is 79.9. The molecule has 6 nitrogen and oxygen atoms in total. The molecule has 1 heterocycles. The van der Waals surface area contributed by atoms with Gasteiger partial charge in [0.15, 0.2) is 5.82 Å². The van der Waals surface area contributed by atoms with Gasteiger partial charge in [-0.15, -0.1) is 5.10 Å². The number of hydrogen-bond donors (Lipinski definition) is 1. The second-order valence-corrected chi connectivity index (χ2v) is 5.27. The molecule has 0 unspecified atom stereocenters. The van der Waals surface area contributed by atoms with Gasteiger partial charge < -0.3 is 10.5 Å². The van der Waals surface area contributed by atoms with Crippen LogP contribution in [0.2, 0.25) is 0 Å².